The number of aromatic amines is 1. The van der Waals surface area contributed by atoms with E-state index in [1.54, 1.807) is 7.11 Å². The largest absolute Gasteiger partial charge is 0.480 e. The van der Waals surface area contributed by atoms with Crippen molar-refractivity contribution in [2.75, 3.05) is 7.11 Å². The number of aromatic nitrogens is 2. The van der Waals surface area contributed by atoms with Crippen molar-refractivity contribution in [1.82, 2.24) is 10.2 Å². The van der Waals surface area contributed by atoms with Gasteiger partial charge in [-0.15, -0.1) is 5.10 Å². The van der Waals surface area contributed by atoms with E-state index in [4.69, 9.17) is 4.74 Å². The molecule has 0 fully saturated rings. The van der Waals surface area contributed by atoms with Crippen LogP contribution in [0.1, 0.15) is 5.56 Å². The Morgan fingerprint density at radius 3 is 3.08 bits per heavy atom. The summed E-state index contributed by atoms with van der Waals surface area (Å²) in [6.45, 7) is 3.83. The van der Waals surface area contributed by atoms with Gasteiger partial charge < -0.3 is 4.74 Å². The van der Waals surface area contributed by atoms with Crippen molar-refractivity contribution >= 4 is 10.9 Å². The Morgan fingerprint density at radius 1 is 1.50 bits per heavy atom. The third kappa shape index (κ3) is 0.942. The van der Waals surface area contributed by atoms with E-state index in [1.807, 2.05) is 18.2 Å². The molecule has 0 atom stereocenters. The van der Waals surface area contributed by atoms with E-state index in [0.29, 0.717) is 5.88 Å². The SMILES string of the molecule is [CH2]c1ccc2[nH]nc(OC)c2c1. The number of fused-ring (bicyclic) bond motifs is 1. The minimum absolute atomic E-state index is 0.621. The highest BCUT2D eigenvalue weighted by molar-refractivity contribution is 5.84. The predicted molar refractivity (Wildman–Crippen MR) is 47.1 cm³/mol. The average Bonchev–Trinajstić information content (AvgIpc) is 2.46. The molecule has 0 amide bonds. The topological polar surface area (TPSA) is 37.9 Å². The number of benzene rings is 1. The number of nitrogens with zero attached hydrogens (tertiary/aromatic N) is 1. The quantitative estimate of drug-likeness (QED) is 0.692. The van der Waals surface area contributed by atoms with Gasteiger partial charge in [-0.2, -0.15) is 0 Å². The lowest BCUT2D eigenvalue weighted by molar-refractivity contribution is 0.401. The summed E-state index contributed by atoms with van der Waals surface area (Å²) in [4.78, 5) is 0. The molecule has 1 aromatic carbocycles. The van der Waals surface area contributed by atoms with Crippen LogP contribution < -0.4 is 4.74 Å². The van der Waals surface area contributed by atoms with Crippen molar-refractivity contribution in [1.29, 1.82) is 0 Å². The second-order valence-electron chi connectivity index (χ2n) is 2.61. The van der Waals surface area contributed by atoms with Crippen LogP contribution in [0.15, 0.2) is 18.2 Å². The van der Waals surface area contributed by atoms with Gasteiger partial charge in [0.15, 0.2) is 0 Å². The molecule has 2 aromatic rings. The first kappa shape index (κ1) is 7.16. The van der Waals surface area contributed by atoms with E-state index < -0.39 is 0 Å². The molecule has 1 radical (unpaired) electrons. The Labute approximate surface area is 70.4 Å². The molecular weight excluding hydrogens is 152 g/mol. The van der Waals surface area contributed by atoms with E-state index in [2.05, 4.69) is 17.1 Å². The van der Waals surface area contributed by atoms with Crippen LogP contribution in [-0.4, -0.2) is 17.3 Å². The second kappa shape index (κ2) is 2.52. The number of rotatable bonds is 1. The molecule has 1 heterocycles. The molecule has 0 saturated heterocycles. The zero-order chi connectivity index (χ0) is 8.55. The maximum Gasteiger partial charge on any atom is 0.240 e. The third-order valence-electron chi connectivity index (χ3n) is 1.79. The van der Waals surface area contributed by atoms with E-state index >= 15 is 0 Å². The predicted octanol–water partition coefficient (Wildman–Crippen LogP) is 1.75. The van der Waals surface area contributed by atoms with E-state index in [-0.39, 0.29) is 0 Å². The average molecular weight is 161 g/mol. The van der Waals surface area contributed by atoms with Crippen LogP contribution in [0.5, 0.6) is 5.88 Å². The van der Waals surface area contributed by atoms with E-state index in [9.17, 15) is 0 Å². The van der Waals surface area contributed by atoms with Crippen molar-refractivity contribution < 1.29 is 4.74 Å². The van der Waals surface area contributed by atoms with Crippen molar-refractivity contribution in [2.24, 2.45) is 0 Å². The van der Waals surface area contributed by atoms with Gasteiger partial charge in [0, 0.05) is 0 Å². The molecule has 0 saturated carbocycles. The van der Waals surface area contributed by atoms with Gasteiger partial charge in [-0.25, -0.2) is 0 Å². The van der Waals surface area contributed by atoms with E-state index in [0.717, 1.165) is 16.5 Å². The van der Waals surface area contributed by atoms with Crippen LogP contribution in [0.4, 0.5) is 0 Å². The molecule has 0 aliphatic rings. The van der Waals surface area contributed by atoms with Crippen LogP contribution in [0, 0.1) is 6.92 Å². The fourth-order valence-electron chi connectivity index (χ4n) is 1.19. The smallest absolute Gasteiger partial charge is 0.240 e. The number of ether oxygens (including phenoxy) is 1. The van der Waals surface area contributed by atoms with E-state index in [1.165, 1.54) is 0 Å². The molecule has 0 unspecified atom stereocenters. The highest BCUT2D eigenvalue weighted by Crippen LogP contribution is 2.22. The monoisotopic (exact) mass is 161 g/mol. The Bertz CT molecular complexity index is 406. The number of hydrogen-bond acceptors (Lipinski definition) is 2. The Hall–Kier alpha value is -1.51. The zero-order valence-electron chi connectivity index (χ0n) is 6.79. The first-order chi connectivity index (χ1) is 5.81. The maximum absolute atomic E-state index is 5.05. The Morgan fingerprint density at radius 2 is 2.33 bits per heavy atom. The highest BCUT2D eigenvalue weighted by Gasteiger charge is 2.03. The molecule has 0 spiro atoms. The lowest BCUT2D eigenvalue weighted by Gasteiger charge is -1.94. The summed E-state index contributed by atoms with van der Waals surface area (Å²) in [6, 6.07) is 5.81. The van der Waals surface area contributed by atoms with Gasteiger partial charge in [0.05, 0.1) is 18.0 Å². The fourth-order valence-corrected chi connectivity index (χ4v) is 1.19. The van der Waals surface area contributed by atoms with Crippen LogP contribution >= 0.6 is 0 Å². The molecule has 61 valence electrons. The highest BCUT2D eigenvalue weighted by atomic mass is 16.5. The van der Waals surface area contributed by atoms with Crippen molar-refractivity contribution in [2.45, 2.75) is 0 Å². The number of nitrogens with one attached hydrogen (secondary N) is 1. The summed E-state index contributed by atoms with van der Waals surface area (Å²) >= 11 is 0. The standard InChI is InChI=1S/C9H9N2O/c1-6-3-4-8-7(5-6)9(12-2)11-10-8/h3-5H,1H2,2H3,(H,10,11). The number of H-pyrrole nitrogens is 1. The van der Waals surface area contributed by atoms with Gasteiger partial charge in [-0.05, 0) is 24.6 Å². The Kier molecular flexibility index (Phi) is 1.50. The summed E-state index contributed by atoms with van der Waals surface area (Å²) in [5.74, 6) is 0.621. The lowest BCUT2D eigenvalue weighted by atomic mass is 10.2. The van der Waals surface area contributed by atoms with Gasteiger partial charge in [0.2, 0.25) is 5.88 Å². The first-order valence-corrected chi connectivity index (χ1v) is 3.65. The van der Waals surface area contributed by atoms with Crippen molar-refractivity contribution in [3.63, 3.8) is 0 Å². The molecular formula is C9H9N2O. The fraction of sp³-hybridized carbons (Fsp3) is 0.111. The van der Waals surface area contributed by atoms with Gasteiger partial charge in [0.25, 0.3) is 0 Å². The summed E-state index contributed by atoms with van der Waals surface area (Å²) in [5, 5.41) is 7.82. The maximum atomic E-state index is 5.05. The van der Waals surface area contributed by atoms with Crippen LogP contribution in [0.25, 0.3) is 10.9 Å². The Balaban J connectivity index is 2.75. The molecule has 0 aliphatic carbocycles. The van der Waals surface area contributed by atoms with Gasteiger partial charge in [-0.3, -0.25) is 5.10 Å². The zero-order valence-corrected chi connectivity index (χ0v) is 6.79. The van der Waals surface area contributed by atoms with Crippen molar-refractivity contribution in [3.8, 4) is 5.88 Å². The molecule has 1 N–H and O–H groups in total. The molecule has 12 heavy (non-hydrogen) atoms. The molecule has 0 bridgehead atoms. The third-order valence-corrected chi connectivity index (χ3v) is 1.79. The minimum atomic E-state index is 0.621. The number of hydrogen-bond donors (Lipinski definition) is 1. The number of methoxy groups -OCH3 is 1. The molecule has 3 heteroatoms. The van der Waals surface area contributed by atoms with Gasteiger partial charge in [0.1, 0.15) is 0 Å². The lowest BCUT2D eigenvalue weighted by Crippen LogP contribution is -1.82. The molecule has 1 aromatic heterocycles. The first-order valence-electron chi connectivity index (χ1n) is 3.65. The minimum Gasteiger partial charge on any atom is -0.480 e. The summed E-state index contributed by atoms with van der Waals surface area (Å²) < 4.78 is 5.05. The molecule has 0 aliphatic heterocycles. The summed E-state index contributed by atoms with van der Waals surface area (Å²) in [7, 11) is 1.60. The second-order valence-corrected chi connectivity index (χ2v) is 2.61. The summed E-state index contributed by atoms with van der Waals surface area (Å²) in [6.07, 6.45) is 0. The normalized spacial score (nSPS) is 10.5. The van der Waals surface area contributed by atoms with Crippen LogP contribution in [0.2, 0.25) is 0 Å². The van der Waals surface area contributed by atoms with Crippen LogP contribution in [0.3, 0.4) is 0 Å². The summed E-state index contributed by atoms with van der Waals surface area (Å²) in [5.41, 5.74) is 1.93. The van der Waals surface area contributed by atoms with Crippen LogP contribution in [-0.2, 0) is 0 Å². The molecule has 3 nitrogen and oxygen atoms in total. The van der Waals surface area contributed by atoms with Gasteiger partial charge >= 0.3 is 0 Å². The van der Waals surface area contributed by atoms with Crippen molar-refractivity contribution in [3.05, 3.63) is 30.7 Å². The molecule has 2 rings (SSSR count). The van der Waals surface area contributed by atoms with Gasteiger partial charge in [-0.1, -0.05) is 6.07 Å².